The van der Waals surface area contributed by atoms with Crippen molar-refractivity contribution in [1.82, 2.24) is 31.5 Å². The van der Waals surface area contributed by atoms with E-state index in [1.807, 2.05) is 17.0 Å². The number of unbranched alkanes of at least 4 members (excludes halogenated alkanes) is 3. The number of rotatable bonds is 18. The van der Waals surface area contributed by atoms with Crippen LogP contribution in [0.3, 0.4) is 0 Å². The Morgan fingerprint density at radius 2 is 1.30 bits per heavy atom. The van der Waals surface area contributed by atoms with Crippen LogP contribution in [0.5, 0.6) is 5.75 Å². The summed E-state index contributed by atoms with van der Waals surface area (Å²) in [7, 11) is 0. The molecule has 0 radical (unpaired) electrons. The number of carbonyl (C=O) groups excluding carboxylic acids is 7. The normalized spacial score (nSPS) is 13.9. The number of carbonyl (C=O) groups is 7. The van der Waals surface area contributed by atoms with Crippen LogP contribution < -0.4 is 36.6 Å². The quantitative estimate of drug-likeness (QED) is 0.0419. The van der Waals surface area contributed by atoms with Crippen molar-refractivity contribution in [2.75, 3.05) is 31.6 Å². The summed E-state index contributed by atoms with van der Waals surface area (Å²) >= 11 is 0. The molecular weight excluding hydrogens is 853 g/mol. The highest BCUT2D eigenvalue weighted by Crippen LogP contribution is 2.33. The third-order valence-corrected chi connectivity index (χ3v) is 9.53. The Balaban J connectivity index is 1.19. The van der Waals surface area contributed by atoms with Gasteiger partial charge in [0.25, 0.3) is 17.7 Å². The molecule has 19 heteroatoms. The Labute approximate surface area is 387 Å². The van der Waals surface area contributed by atoms with Gasteiger partial charge in [-0.05, 0) is 137 Å². The first-order chi connectivity index (χ1) is 30.9. The zero-order chi connectivity index (χ0) is 48.7. The Morgan fingerprint density at radius 1 is 0.742 bits per heavy atom. The summed E-state index contributed by atoms with van der Waals surface area (Å²) in [6, 6.07) is 11.4. The van der Waals surface area contributed by atoms with Gasteiger partial charge in [0.05, 0.1) is 5.69 Å². The van der Waals surface area contributed by atoms with Crippen LogP contribution in [0, 0.1) is 0 Å². The molecule has 7 amide bonds. The Hall–Kier alpha value is -6.40. The lowest BCUT2D eigenvalue weighted by Crippen LogP contribution is -2.48. The summed E-state index contributed by atoms with van der Waals surface area (Å²) in [6.07, 6.45) is 2.83. The van der Waals surface area contributed by atoms with Gasteiger partial charge in [-0.15, -0.1) is 0 Å². The fourth-order valence-electron chi connectivity index (χ4n) is 6.44. The lowest BCUT2D eigenvalue weighted by Gasteiger charge is -2.24. The first-order valence-corrected chi connectivity index (χ1v) is 22.5. The number of anilines is 1. The van der Waals surface area contributed by atoms with Crippen LogP contribution in [0.15, 0.2) is 47.5 Å². The van der Waals surface area contributed by atoms with E-state index in [0.717, 1.165) is 37.7 Å². The minimum atomic E-state index is -0.956. The van der Waals surface area contributed by atoms with Gasteiger partial charge >= 0.3 is 18.3 Å². The number of nitrogens with zero attached hydrogens (tertiary/aromatic N) is 2. The molecule has 0 unspecified atom stereocenters. The van der Waals surface area contributed by atoms with E-state index in [0.29, 0.717) is 48.6 Å². The predicted octanol–water partition coefficient (Wildman–Crippen LogP) is 6.31. The molecule has 362 valence electrons. The van der Waals surface area contributed by atoms with E-state index in [2.05, 4.69) is 36.9 Å². The Morgan fingerprint density at radius 3 is 1.88 bits per heavy atom. The summed E-state index contributed by atoms with van der Waals surface area (Å²) in [6.45, 7) is 16.5. The molecule has 1 aliphatic heterocycles. The van der Waals surface area contributed by atoms with Crippen molar-refractivity contribution in [2.45, 2.75) is 149 Å². The molecule has 1 aliphatic carbocycles. The van der Waals surface area contributed by atoms with Gasteiger partial charge in [-0.1, -0.05) is 25.0 Å². The highest BCUT2D eigenvalue weighted by molar-refractivity contribution is 6.01. The fraction of sp³-hybridized carbons (Fsp3) is 0.574. The first kappa shape index (κ1) is 52.2. The molecule has 19 nitrogen and oxygen atoms in total. The third kappa shape index (κ3) is 19.4. The van der Waals surface area contributed by atoms with Crippen molar-refractivity contribution in [3.8, 4) is 5.75 Å². The van der Waals surface area contributed by atoms with Crippen molar-refractivity contribution >= 4 is 53.6 Å². The van der Waals surface area contributed by atoms with Gasteiger partial charge in [-0.3, -0.25) is 34.8 Å². The summed E-state index contributed by atoms with van der Waals surface area (Å²) in [5.41, 5.74) is 0.0247. The van der Waals surface area contributed by atoms with Gasteiger partial charge in [-0.2, -0.15) is 0 Å². The molecule has 1 heterocycles. The second-order valence-electron chi connectivity index (χ2n) is 19.2. The van der Waals surface area contributed by atoms with Gasteiger partial charge < -0.3 is 45.1 Å². The number of fused-ring (bicyclic) bond motifs is 1. The van der Waals surface area contributed by atoms with Crippen LogP contribution in [-0.4, -0.2) is 108 Å². The van der Waals surface area contributed by atoms with Gasteiger partial charge in [0.1, 0.15) is 28.6 Å². The highest BCUT2D eigenvalue weighted by Gasteiger charge is 2.34. The fourth-order valence-corrected chi connectivity index (χ4v) is 6.44. The molecule has 2 aliphatic rings. The average Bonchev–Trinajstić information content (AvgIpc) is 4.05. The van der Waals surface area contributed by atoms with Crippen LogP contribution in [-0.2, 0) is 30.3 Å². The summed E-state index contributed by atoms with van der Waals surface area (Å²) in [5, 5.41) is 16.0. The summed E-state index contributed by atoms with van der Waals surface area (Å²) < 4.78 is 21.5. The third-order valence-electron chi connectivity index (χ3n) is 9.53. The zero-order valence-corrected chi connectivity index (χ0v) is 39.8. The molecule has 0 saturated heterocycles. The molecule has 4 rings (SSSR count). The van der Waals surface area contributed by atoms with E-state index in [4.69, 9.17) is 18.9 Å². The molecule has 1 atom stereocenters. The number of benzene rings is 2. The number of ether oxygens (including phenoxy) is 4. The van der Waals surface area contributed by atoms with Crippen molar-refractivity contribution < 1.29 is 52.5 Å². The van der Waals surface area contributed by atoms with Crippen LogP contribution in [0.1, 0.15) is 140 Å². The molecule has 6 N–H and O–H groups in total. The molecular formula is C47H68N8O11. The molecule has 1 fully saturated rings. The maximum Gasteiger partial charge on any atom is 0.414 e. The van der Waals surface area contributed by atoms with Crippen LogP contribution in [0.2, 0.25) is 0 Å². The van der Waals surface area contributed by atoms with E-state index < -0.39 is 47.0 Å². The summed E-state index contributed by atoms with van der Waals surface area (Å²) in [4.78, 5) is 95.0. The smallest absolute Gasteiger partial charge is 0.414 e. The van der Waals surface area contributed by atoms with Crippen molar-refractivity contribution in [3.05, 3.63) is 59.2 Å². The van der Waals surface area contributed by atoms with Crippen LogP contribution >= 0.6 is 0 Å². The molecule has 0 bridgehead atoms. The SMILES string of the molecule is CC(C)(C)OC(=O)NC(=NCCC[C@H](NC(=O)OC(C)(C)C)C(=O)NCCCCCCNC(=O)c1ccc(CN(C(=O)c2ccc3c(c2)OCC(=O)N3)C2CC2)cc1)NC(=O)OC(C)(C)C. The number of hydrogen-bond acceptors (Lipinski definition) is 12. The maximum absolute atomic E-state index is 13.5. The van der Waals surface area contributed by atoms with E-state index in [-0.39, 0.29) is 55.7 Å². The van der Waals surface area contributed by atoms with Crippen molar-refractivity contribution in [1.29, 1.82) is 0 Å². The lowest BCUT2D eigenvalue weighted by molar-refractivity contribution is -0.123. The molecule has 66 heavy (non-hydrogen) atoms. The largest absolute Gasteiger partial charge is 0.482 e. The number of amides is 7. The average molecular weight is 921 g/mol. The number of alkyl carbamates (subject to hydrolysis) is 3. The Kier molecular flexibility index (Phi) is 18.7. The van der Waals surface area contributed by atoms with Crippen LogP contribution in [0.4, 0.5) is 20.1 Å². The van der Waals surface area contributed by atoms with Gasteiger partial charge in [0.2, 0.25) is 11.9 Å². The van der Waals surface area contributed by atoms with Gasteiger partial charge in [-0.25, -0.2) is 14.4 Å². The maximum atomic E-state index is 13.5. The number of nitrogens with one attached hydrogen (secondary N) is 6. The van der Waals surface area contributed by atoms with E-state index >= 15 is 0 Å². The second kappa shape index (κ2) is 23.7. The number of aliphatic imine (C=N–C) groups is 1. The number of guanidine groups is 1. The topological polar surface area (TPSA) is 244 Å². The first-order valence-electron chi connectivity index (χ1n) is 22.5. The minimum Gasteiger partial charge on any atom is -0.482 e. The van der Waals surface area contributed by atoms with Crippen molar-refractivity contribution in [2.24, 2.45) is 4.99 Å². The van der Waals surface area contributed by atoms with Crippen molar-refractivity contribution in [3.63, 3.8) is 0 Å². The van der Waals surface area contributed by atoms with E-state index in [1.165, 1.54) is 0 Å². The number of hydrogen-bond donors (Lipinski definition) is 6. The Bertz CT molecular complexity index is 2030. The minimum absolute atomic E-state index is 0.0577. The van der Waals surface area contributed by atoms with Gasteiger partial charge in [0.15, 0.2) is 6.61 Å². The summed E-state index contributed by atoms with van der Waals surface area (Å²) in [5.74, 6) is -0.701. The van der Waals surface area contributed by atoms with E-state index in [1.54, 1.807) is 92.6 Å². The standard InChI is InChI=1S/C47H68N8O11/c1-45(2,3)64-42(60)52-35(15-14-26-50-41(53-43(61)65-46(4,5)6)54-44(62)66-47(7,8)9)39(58)49-25-13-11-10-12-24-48-38(57)31-18-16-30(17-19-31)28-55(33-21-22-33)40(59)32-20-23-34-36(27-32)63-29-37(56)51-34/h16-20,23,27,33,35H,10-15,21-22,24-26,28-29H2,1-9H3,(H,48,57)(H,49,58)(H,51,56)(H,52,60)(H2,50,53,54,61,62)/t35-/m0/s1. The van der Waals surface area contributed by atoms with Crippen LogP contribution in [0.25, 0.3) is 0 Å². The van der Waals surface area contributed by atoms with E-state index in [9.17, 15) is 33.6 Å². The highest BCUT2D eigenvalue weighted by atomic mass is 16.6. The molecule has 2 aromatic carbocycles. The molecule has 0 spiro atoms. The molecule has 2 aromatic rings. The monoisotopic (exact) mass is 921 g/mol. The molecule has 1 saturated carbocycles. The predicted molar refractivity (Wildman–Crippen MR) is 247 cm³/mol. The second-order valence-corrected chi connectivity index (χ2v) is 19.2. The lowest BCUT2D eigenvalue weighted by atomic mass is 10.1. The molecule has 0 aromatic heterocycles. The zero-order valence-electron chi connectivity index (χ0n) is 39.8. The van der Waals surface area contributed by atoms with Gasteiger partial charge in [0, 0.05) is 43.3 Å².